The van der Waals surface area contributed by atoms with Crippen LogP contribution in [0.3, 0.4) is 0 Å². The average Bonchev–Trinajstić information content (AvgIpc) is 2.68. The van der Waals surface area contributed by atoms with Crippen LogP contribution in [0.15, 0.2) is 24.3 Å². The first-order chi connectivity index (χ1) is 14.1. The summed E-state index contributed by atoms with van der Waals surface area (Å²) in [6.45, 7) is 2.51. The van der Waals surface area contributed by atoms with Crippen molar-refractivity contribution >= 4 is 17.8 Å². The Bertz CT molecular complexity index is 777. The van der Waals surface area contributed by atoms with Gasteiger partial charge in [-0.05, 0) is 26.0 Å². The van der Waals surface area contributed by atoms with E-state index in [4.69, 9.17) is 14.2 Å². The maximum Gasteiger partial charge on any atom is 0.330 e. The highest BCUT2D eigenvalue weighted by molar-refractivity contribution is 5.87. The van der Waals surface area contributed by atoms with Crippen LogP contribution in [0.25, 0.3) is 6.08 Å². The molecular formula is C20H26O10. The summed E-state index contributed by atoms with van der Waals surface area (Å²) in [5, 5.41) is 49.3. The number of rotatable bonds is 8. The molecule has 0 amide bonds. The van der Waals surface area contributed by atoms with Crippen molar-refractivity contribution in [3.63, 3.8) is 0 Å². The lowest BCUT2D eigenvalue weighted by Gasteiger charge is -2.40. The summed E-state index contributed by atoms with van der Waals surface area (Å²) in [4.78, 5) is 23.1. The second-order valence-corrected chi connectivity index (χ2v) is 7.05. The number of phenolic OH excluding ortho intramolecular Hbond substituents is 2. The first-order valence-electron chi connectivity index (χ1n) is 9.30. The van der Waals surface area contributed by atoms with Crippen molar-refractivity contribution in [1.29, 1.82) is 0 Å². The molecule has 1 aliphatic heterocycles. The second kappa shape index (κ2) is 10.5. The van der Waals surface area contributed by atoms with Gasteiger partial charge in [0.2, 0.25) is 0 Å². The Balaban J connectivity index is 1.95. The minimum atomic E-state index is -1.61. The van der Waals surface area contributed by atoms with Crippen molar-refractivity contribution in [2.45, 2.75) is 57.1 Å². The molecule has 0 aromatic heterocycles. The number of ketones is 1. The van der Waals surface area contributed by atoms with E-state index in [0.29, 0.717) is 0 Å². The Labute approximate surface area is 172 Å². The molecule has 1 fully saturated rings. The van der Waals surface area contributed by atoms with Crippen molar-refractivity contribution in [1.82, 2.24) is 0 Å². The maximum absolute atomic E-state index is 11.9. The van der Waals surface area contributed by atoms with E-state index in [0.717, 1.165) is 6.08 Å². The highest BCUT2D eigenvalue weighted by Crippen LogP contribution is 2.29. The topological polar surface area (TPSA) is 163 Å². The summed E-state index contributed by atoms with van der Waals surface area (Å²) >= 11 is 0. The van der Waals surface area contributed by atoms with E-state index < -0.39 is 55.1 Å². The maximum atomic E-state index is 11.9. The molecule has 2 rings (SSSR count). The number of aliphatic hydroxyl groups excluding tert-OH is 3. The molecule has 6 atom stereocenters. The lowest BCUT2D eigenvalue weighted by atomic mass is 9.99. The Hall–Kier alpha value is -2.50. The monoisotopic (exact) mass is 426 g/mol. The summed E-state index contributed by atoms with van der Waals surface area (Å²) in [6, 6.07) is 4.23. The van der Waals surface area contributed by atoms with Crippen LogP contribution in [0.2, 0.25) is 0 Å². The van der Waals surface area contributed by atoms with Gasteiger partial charge in [0.1, 0.15) is 36.8 Å². The average molecular weight is 426 g/mol. The Kier molecular flexibility index (Phi) is 8.33. The number of hydrogen-bond acceptors (Lipinski definition) is 10. The van der Waals surface area contributed by atoms with Gasteiger partial charge in [-0.1, -0.05) is 12.1 Å². The van der Waals surface area contributed by atoms with Crippen molar-refractivity contribution in [2.24, 2.45) is 0 Å². The van der Waals surface area contributed by atoms with Gasteiger partial charge in [0.25, 0.3) is 0 Å². The summed E-state index contributed by atoms with van der Waals surface area (Å²) in [7, 11) is 0. The smallest absolute Gasteiger partial charge is 0.330 e. The van der Waals surface area contributed by atoms with E-state index in [9.17, 15) is 35.1 Å². The number of phenols is 2. The number of ether oxygens (including phenoxy) is 3. The molecular weight excluding hydrogens is 400 g/mol. The van der Waals surface area contributed by atoms with Gasteiger partial charge in [-0.15, -0.1) is 0 Å². The largest absolute Gasteiger partial charge is 0.504 e. The number of benzene rings is 1. The summed E-state index contributed by atoms with van der Waals surface area (Å²) in [5.74, 6) is -1.72. The SMILES string of the molecule is CC(=O)CC(C)OC1OC(COC(=O)C=Cc2cccc(O)c2O)C(O)C(O)C1O. The summed E-state index contributed by atoms with van der Waals surface area (Å²) in [5.41, 5.74) is 0.187. The predicted octanol–water partition coefficient (Wildman–Crippen LogP) is -0.154. The molecule has 1 aromatic carbocycles. The second-order valence-electron chi connectivity index (χ2n) is 7.05. The number of aromatic hydroxyl groups is 2. The van der Waals surface area contributed by atoms with Crippen molar-refractivity contribution in [2.75, 3.05) is 6.61 Å². The number of Topliss-reactive ketones (excluding diaryl/α,β-unsaturated/α-hetero) is 1. The zero-order valence-electron chi connectivity index (χ0n) is 16.5. The third kappa shape index (κ3) is 6.25. The minimum absolute atomic E-state index is 0.0670. The number of aliphatic hydroxyl groups is 3. The third-order valence-electron chi connectivity index (χ3n) is 4.44. The normalized spacial score (nSPS) is 27.7. The number of carbonyl (C=O) groups excluding carboxylic acids is 2. The zero-order chi connectivity index (χ0) is 22.4. The number of para-hydroxylation sites is 1. The van der Waals surface area contributed by atoms with Crippen molar-refractivity contribution in [3.8, 4) is 11.5 Å². The van der Waals surface area contributed by atoms with Crippen LogP contribution in [0.4, 0.5) is 0 Å². The molecule has 166 valence electrons. The third-order valence-corrected chi connectivity index (χ3v) is 4.44. The van der Waals surface area contributed by atoms with E-state index in [-0.39, 0.29) is 23.5 Å². The number of hydrogen-bond donors (Lipinski definition) is 5. The quantitative estimate of drug-likeness (QED) is 0.214. The fourth-order valence-corrected chi connectivity index (χ4v) is 2.90. The fraction of sp³-hybridized carbons (Fsp3) is 0.500. The first kappa shape index (κ1) is 23.8. The van der Waals surface area contributed by atoms with Crippen LogP contribution in [0.1, 0.15) is 25.8 Å². The van der Waals surface area contributed by atoms with Gasteiger partial charge in [-0.25, -0.2) is 4.79 Å². The molecule has 6 unspecified atom stereocenters. The van der Waals surface area contributed by atoms with E-state index in [1.165, 1.54) is 31.2 Å². The Morgan fingerprint density at radius 2 is 1.87 bits per heavy atom. The lowest BCUT2D eigenvalue weighted by Crippen LogP contribution is -2.59. The summed E-state index contributed by atoms with van der Waals surface area (Å²) < 4.78 is 15.8. The molecule has 0 bridgehead atoms. The molecule has 0 radical (unpaired) electrons. The van der Waals surface area contributed by atoms with Crippen LogP contribution in [0.5, 0.6) is 11.5 Å². The van der Waals surface area contributed by atoms with E-state index in [1.54, 1.807) is 6.92 Å². The van der Waals surface area contributed by atoms with Gasteiger partial charge in [-0.2, -0.15) is 0 Å². The van der Waals surface area contributed by atoms with Crippen LogP contribution in [0, 0.1) is 0 Å². The molecule has 10 nitrogen and oxygen atoms in total. The molecule has 30 heavy (non-hydrogen) atoms. The molecule has 0 aliphatic carbocycles. The van der Waals surface area contributed by atoms with Crippen LogP contribution < -0.4 is 0 Å². The minimum Gasteiger partial charge on any atom is -0.504 e. The van der Waals surface area contributed by atoms with Gasteiger partial charge in [0.05, 0.1) is 6.10 Å². The van der Waals surface area contributed by atoms with Gasteiger partial charge < -0.3 is 39.7 Å². The van der Waals surface area contributed by atoms with Gasteiger partial charge in [0, 0.05) is 18.1 Å². The fourth-order valence-electron chi connectivity index (χ4n) is 2.90. The Morgan fingerprint density at radius 3 is 2.53 bits per heavy atom. The lowest BCUT2D eigenvalue weighted by molar-refractivity contribution is -0.310. The zero-order valence-corrected chi connectivity index (χ0v) is 16.5. The number of carbonyl (C=O) groups is 2. The predicted molar refractivity (Wildman–Crippen MR) is 102 cm³/mol. The molecule has 1 aliphatic rings. The number of esters is 1. The van der Waals surface area contributed by atoms with Crippen molar-refractivity contribution in [3.05, 3.63) is 29.8 Å². The molecule has 5 N–H and O–H groups in total. The molecule has 1 aromatic rings. The highest BCUT2D eigenvalue weighted by Gasteiger charge is 2.45. The summed E-state index contributed by atoms with van der Waals surface area (Å²) in [6.07, 6.45) is -5.56. The van der Waals surface area contributed by atoms with Crippen LogP contribution in [-0.4, -0.2) is 80.7 Å². The molecule has 0 spiro atoms. The van der Waals surface area contributed by atoms with E-state index in [1.807, 2.05) is 0 Å². The molecule has 1 saturated heterocycles. The highest BCUT2D eigenvalue weighted by atomic mass is 16.7. The standard InChI is InChI=1S/C20H26O10/c1-10(21)8-11(2)29-20-19(27)18(26)17(25)14(30-20)9-28-15(23)7-6-12-4-3-5-13(22)16(12)24/h3-7,11,14,17-20,22,24-27H,8-9H2,1-2H3. The molecule has 10 heteroatoms. The van der Waals surface area contributed by atoms with Gasteiger partial charge >= 0.3 is 5.97 Å². The Morgan fingerprint density at radius 1 is 1.17 bits per heavy atom. The van der Waals surface area contributed by atoms with Gasteiger partial charge in [0.15, 0.2) is 17.8 Å². The van der Waals surface area contributed by atoms with Crippen LogP contribution >= 0.6 is 0 Å². The van der Waals surface area contributed by atoms with Gasteiger partial charge in [-0.3, -0.25) is 4.79 Å². The van der Waals surface area contributed by atoms with Crippen LogP contribution in [-0.2, 0) is 23.8 Å². The molecule has 0 saturated carbocycles. The van der Waals surface area contributed by atoms with E-state index >= 15 is 0 Å². The van der Waals surface area contributed by atoms with E-state index in [2.05, 4.69) is 0 Å². The first-order valence-corrected chi connectivity index (χ1v) is 9.30. The molecule has 1 heterocycles. The van der Waals surface area contributed by atoms with Crippen molar-refractivity contribution < 1.29 is 49.3 Å².